The summed E-state index contributed by atoms with van der Waals surface area (Å²) < 4.78 is 17.6. The number of aryl methyl sites for hydroxylation is 1. The van der Waals surface area contributed by atoms with E-state index in [0.29, 0.717) is 24.1 Å². The molecule has 1 aliphatic rings. The molecule has 2 aromatic rings. The highest BCUT2D eigenvalue weighted by Crippen LogP contribution is 2.36. The highest BCUT2D eigenvalue weighted by molar-refractivity contribution is 9.10. The minimum absolute atomic E-state index is 0.112. The number of hydrogen-bond acceptors (Lipinski definition) is 5. The van der Waals surface area contributed by atoms with E-state index in [0.717, 1.165) is 47.3 Å². The Kier molecular flexibility index (Phi) is 7.91. The first-order valence-electron chi connectivity index (χ1n) is 9.73. The van der Waals surface area contributed by atoms with Gasteiger partial charge in [0.25, 0.3) is 5.91 Å². The summed E-state index contributed by atoms with van der Waals surface area (Å²) in [4.78, 5) is 12.2. The minimum atomic E-state index is -0.231. The van der Waals surface area contributed by atoms with Gasteiger partial charge in [0.05, 0.1) is 17.7 Å². The smallest absolute Gasteiger partial charge is 0.262 e. The summed E-state index contributed by atoms with van der Waals surface area (Å²) in [6, 6.07) is 11.5. The van der Waals surface area contributed by atoms with Crippen molar-refractivity contribution in [3.8, 4) is 11.5 Å². The van der Waals surface area contributed by atoms with Crippen LogP contribution in [0.1, 0.15) is 24.0 Å². The fourth-order valence-corrected chi connectivity index (χ4v) is 3.77. The van der Waals surface area contributed by atoms with E-state index < -0.39 is 0 Å². The van der Waals surface area contributed by atoms with Crippen molar-refractivity contribution in [2.75, 3.05) is 32.2 Å². The molecule has 7 heteroatoms. The van der Waals surface area contributed by atoms with E-state index in [-0.39, 0.29) is 12.5 Å². The number of carbonyl (C=O) groups excluding carboxylic acids is 1. The number of hydrogen-bond donors (Lipinski definition) is 2. The van der Waals surface area contributed by atoms with Gasteiger partial charge in [-0.3, -0.25) is 4.79 Å². The van der Waals surface area contributed by atoms with Crippen LogP contribution in [0.2, 0.25) is 0 Å². The van der Waals surface area contributed by atoms with Crippen LogP contribution in [0.4, 0.5) is 5.69 Å². The van der Waals surface area contributed by atoms with Crippen LogP contribution in [0, 0.1) is 6.92 Å². The van der Waals surface area contributed by atoms with Crippen molar-refractivity contribution >= 4 is 27.5 Å². The van der Waals surface area contributed by atoms with Crippen molar-refractivity contribution in [2.45, 2.75) is 32.4 Å². The second-order valence-corrected chi connectivity index (χ2v) is 7.93. The van der Waals surface area contributed by atoms with Crippen molar-refractivity contribution in [1.29, 1.82) is 0 Å². The predicted molar refractivity (Wildman–Crippen MR) is 117 cm³/mol. The second kappa shape index (κ2) is 10.6. The van der Waals surface area contributed by atoms with Gasteiger partial charge in [0.1, 0.15) is 0 Å². The molecule has 3 rings (SSSR count). The van der Waals surface area contributed by atoms with Gasteiger partial charge in [-0.25, -0.2) is 0 Å². The lowest BCUT2D eigenvalue weighted by molar-refractivity contribution is -0.118. The number of anilines is 1. The molecule has 1 aliphatic heterocycles. The molecule has 1 atom stereocenters. The van der Waals surface area contributed by atoms with Gasteiger partial charge in [-0.1, -0.05) is 17.7 Å². The Morgan fingerprint density at radius 1 is 1.28 bits per heavy atom. The zero-order valence-electron chi connectivity index (χ0n) is 16.8. The molecule has 6 nitrogen and oxygen atoms in total. The molecule has 0 radical (unpaired) electrons. The molecule has 2 N–H and O–H groups in total. The van der Waals surface area contributed by atoms with E-state index in [1.54, 1.807) is 7.11 Å². The number of rotatable bonds is 9. The molecule has 1 amide bonds. The zero-order chi connectivity index (χ0) is 20.6. The molecule has 2 aromatic carbocycles. The third-order valence-corrected chi connectivity index (χ3v) is 5.29. The Morgan fingerprint density at radius 2 is 2.07 bits per heavy atom. The average molecular weight is 463 g/mol. The number of methoxy groups -OCH3 is 1. The van der Waals surface area contributed by atoms with Gasteiger partial charge in [0.15, 0.2) is 18.1 Å². The van der Waals surface area contributed by atoms with Crippen molar-refractivity contribution in [3.63, 3.8) is 0 Å². The Bertz CT molecular complexity index is 820. The largest absolute Gasteiger partial charge is 0.493 e. The second-order valence-electron chi connectivity index (χ2n) is 7.08. The highest BCUT2D eigenvalue weighted by Gasteiger charge is 2.16. The van der Waals surface area contributed by atoms with Gasteiger partial charge in [0, 0.05) is 25.4 Å². The van der Waals surface area contributed by atoms with Crippen molar-refractivity contribution < 1.29 is 19.0 Å². The minimum Gasteiger partial charge on any atom is -0.493 e. The summed E-state index contributed by atoms with van der Waals surface area (Å²) in [6.45, 7) is 4.27. The van der Waals surface area contributed by atoms with Crippen LogP contribution in [0.25, 0.3) is 0 Å². The lowest BCUT2D eigenvalue weighted by Crippen LogP contribution is -2.25. The maximum Gasteiger partial charge on any atom is 0.262 e. The van der Waals surface area contributed by atoms with Gasteiger partial charge in [-0.05, 0) is 65.5 Å². The van der Waals surface area contributed by atoms with E-state index in [2.05, 4.69) is 26.6 Å². The Labute approximate surface area is 180 Å². The van der Waals surface area contributed by atoms with Crippen LogP contribution in [0.5, 0.6) is 11.5 Å². The topological polar surface area (TPSA) is 68.8 Å². The molecule has 29 heavy (non-hydrogen) atoms. The van der Waals surface area contributed by atoms with Gasteiger partial charge in [-0.2, -0.15) is 0 Å². The van der Waals surface area contributed by atoms with Crippen LogP contribution in [-0.2, 0) is 16.1 Å². The van der Waals surface area contributed by atoms with Gasteiger partial charge in [-0.15, -0.1) is 0 Å². The summed E-state index contributed by atoms with van der Waals surface area (Å²) in [5, 5.41) is 6.24. The first kappa shape index (κ1) is 21.6. The summed E-state index contributed by atoms with van der Waals surface area (Å²) in [7, 11) is 1.59. The number of halogens is 1. The molecule has 0 unspecified atom stereocenters. The van der Waals surface area contributed by atoms with Crippen LogP contribution >= 0.6 is 15.9 Å². The molecule has 1 heterocycles. The molecular formula is C22H27BrN2O4. The van der Waals surface area contributed by atoms with E-state index in [1.165, 1.54) is 0 Å². The molecule has 156 valence electrons. The fraction of sp³-hybridized carbons (Fsp3) is 0.409. The fourth-order valence-electron chi connectivity index (χ4n) is 3.17. The maximum atomic E-state index is 12.2. The molecule has 0 aliphatic carbocycles. The van der Waals surface area contributed by atoms with Crippen molar-refractivity contribution in [2.24, 2.45) is 0 Å². The first-order chi connectivity index (χ1) is 14.0. The zero-order valence-corrected chi connectivity index (χ0v) is 18.4. The summed E-state index contributed by atoms with van der Waals surface area (Å²) >= 11 is 3.53. The molecule has 1 fully saturated rings. The van der Waals surface area contributed by atoms with Gasteiger partial charge < -0.3 is 24.8 Å². The Balaban J connectivity index is 1.55. The van der Waals surface area contributed by atoms with Gasteiger partial charge >= 0.3 is 0 Å². The first-order valence-corrected chi connectivity index (χ1v) is 10.5. The van der Waals surface area contributed by atoms with Crippen LogP contribution < -0.4 is 20.1 Å². The molecule has 0 aromatic heterocycles. The summed E-state index contributed by atoms with van der Waals surface area (Å²) in [6.07, 6.45) is 2.54. The standard InChI is InChI=1S/C22H27BrN2O4/c1-15-5-7-17(8-6-15)25-21(26)14-29-22-19(23)10-16(11-20(22)27-2)12-24-13-18-4-3-9-28-18/h5-8,10-11,18,24H,3-4,9,12-14H2,1-2H3,(H,25,26)/t18-/m0/s1. The third kappa shape index (κ3) is 6.45. The molecule has 0 bridgehead atoms. The van der Waals surface area contributed by atoms with E-state index in [9.17, 15) is 4.79 Å². The SMILES string of the molecule is COc1cc(CNC[C@@H]2CCCO2)cc(Br)c1OCC(=O)Nc1ccc(C)cc1. The number of amides is 1. The number of carbonyl (C=O) groups is 1. The number of benzene rings is 2. The third-order valence-electron chi connectivity index (χ3n) is 4.70. The lowest BCUT2D eigenvalue weighted by atomic mass is 10.2. The molecule has 0 saturated carbocycles. The van der Waals surface area contributed by atoms with Gasteiger partial charge in [0.2, 0.25) is 0 Å². The molecule has 1 saturated heterocycles. The van der Waals surface area contributed by atoms with Crippen LogP contribution in [0.15, 0.2) is 40.9 Å². The van der Waals surface area contributed by atoms with E-state index >= 15 is 0 Å². The summed E-state index contributed by atoms with van der Waals surface area (Å²) in [5.74, 6) is 0.857. The number of nitrogens with one attached hydrogen (secondary N) is 2. The quantitative estimate of drug-likeness (QED) is 0.588. The van der Waals surface area contributed by atoms with Crippen LogP contribution in [-0.4, -0.2) is 38.9 Å². The number of ether oxygens (including phenoxy) is 3. The molecule has 0 spiro atoms. The lowest BCUT2D eigenvalue weighted by Gasteiger charge is -2.15. The Morgan fingerprint density at radius 3 is 2.76 bits per heavy atom. The maximum absolute atomic E-state index is 12.2. The monoisotopic (exact) mass is 462 g/mol. The normalized spacial score (nSPS) is 15.9. The van der Waals surface area contributed by atoms with E-state index in [1.807, 2.05) is 43.3 Å². The summed E-state index contributed by atoms with van der Waals surface area (Å²) in [5.41, 5.74) is 2.93. The average Bonchev–Trinajstić information content (AvgIpc) is 3.22. The highest BCUT2D eigenvalue weighted by atomic mass is 79.9. The van der Waals surface area contributed by atoms with Crippen molar-refractivity contribution in [1.82, 2.24) is 5.32 Å². The van der Waals surface area contributed by atoms with Crippen LogP contribution in [0.3, 0.4) is 0 Å². The van der Waals surface area contributed by atoms with E-state index in [4.69, 9.17) is 14.2 Å². The molecular weight excluding hydrogens is 436 g/mol. The van der Waals surface area contributed by atoms with Crippen molar-refractivity contribution in [3.05, 3.63) is 52.0 Å². The predicted octanol–water partition coefficient (Wildman–Crippen LogP) is 4.05. The Hall–Kier alpha value is -2.09.